The number of nitrogens with one attached hydrogen (secondary N) is 1. The van der Waals surface area contributed by atoms with Crippen LogP contribution in [0.4, 0.5) is 0 Å². The maximum absolute atomic E-state index is 12.2. The van der Waals surface area contributed by atoms with Crippen molar-refractivity contribution in [1.82, 2.24) is 15.1 Å². The zero-order valence-electron chi connectivity index (χ0n) is 13.0. The van der Waals surface area contributed by atoms with Crippen LogP contribution in [0.15, 0.2) is 36.4 Å². The van der Waals surface area contributed by atoms with Crippen molar-refractivity contribution in [3.8, 4) is 0 Å². The Balaban J connectivity index is 1.72. The van der Waals surface area contributed by atoms with Crippen molar-refractivity contribution < 1.29 is 4.79 Å². The van der Waals surface area contributed by atoms with Gasteiger partial charge in [-0.05, 0) is 37.8 Å². The first kappa shape index (κ1) is 14.6. The molecular formula is C18H21N3O. The quantitative estimate of drug-likeness (QED) is 0.885. The van der Waals surface area contributed by atoms with Gasteiger partial charge in [-0.2, -0.15) is 5.10 Å². The average Bonchev–Trinajstić information content (AvgIpc) is 2.82. The molecule has 1 aromatic carbocycles. The van der Waals surface area contributed by atoms with Gasteiger partial charge in [0, 0.05) is 24.4 Å². The molecule has 1 aromatic heterocycles. The highest BCUT2D eigenvalue weighted by Crippen LogP contribution is 2.31. The molecule has 1 heterocycles. The lowest BCUT2D eigenvalue weighted by atomic mass is 9.91. The molecule has 0 spiro atoms. The van der Waals surface area contributed by atoms with Crippen molar-refractivity contribution in [2.24, 2.45) is 7.05 Å². The van der Waals surface area contributed by atoms with E-state index in [2.05, 4.69) is 10.4 Å². The number of carbonyl (C=O) groups excluding carboxylic acids is 1. The van der Waals surface area contributed by atoms with Crippen LogP contribution in [0.25, 0.3) is 6.08 Å². The predicted molar refractivity (Wildman–Crippen MR) is 87.2 cm³/mol. The van der Waals surface area contributed by atoms with Crippen LogP contribution in [0, 0.1) is 6.92 Å². The van der Waals surface area contributed by atoms with Crippen molar-refractivity contribution in [1.29, 1.82) is 0 Å². The number of fused-ring (bicyclic) bond motifs is 1. The number of carbonyl (C=O) groups is 1. The minimum atomic E-state index is -0.0510. The third kappa shape index (κ3) is 2.96. The molecule has 3 rings (SSSR count). The second kappa shape index (κ2) is 6.18. The lowest BCUT2D eigenvalue weighted by Crippen LogP contribution is -2.30. The molecule has 1 amide bonds. The molecule has 1 aliphatic carbocycles. The summed E-state index contributed by atoms with van der Waals surface area (Å²) in [5, 5.41) is 7.61. The van der Waals surface area contributed by atoms with Gasteiger partial charge in [-0.1, -0.05) is 30.3 Å². The summed E-state index contributed by atoms with van der Waals surface area (Å²) >= 11 is 0. The van der Waals surface area contributed by atoms with Crippen molar-refractivity contribution in [3.05, 3.63) is 58.9 Å². The molecule has 1 aliphatic rings. The number of amides is 1. The number of hydrogen-bond acceptors (Lipinski definition) is 2. The fourth-order valence-corrected chi connectivity index (χ4v) is 3.19. The molecule has 0 aliphatic heterocycles. The first-order chi connectivity index (χ1) is 10.6. The normalized spacial score (nSPS) is 17.5. The van der Waals surface area contributed by atoms with E-state index in [0.717, 1.165) is 30.5 Å². The summed E-state index contributed by atoms with van der Waals surface area (Å²) in [5.41, 5.74) is 4.50. The van der Waals surface area contributed by atoms with Crippen LogP contribution in [0.3, 0.4) is 0 Å². The summed E-state index contributed by atoms with van der Waals surface area (Å²) in [6.45, 7) is 2.02. The summed E-state index contributed by atoms with van der Waals surface area (Å²) in [6.07, 6.45) is 6.55. The zero-order valence-corrected chi connectivity index (χ0v) is 13.0. The van der Waals surface area contributed by atoms with Gasteiger partial charge in [-0.15, -0.1) is 0 Å². The van der Waals surface area contributed by atoms with E-state index in [1.807, 2.05) is 55.1 Å². The minimum Gasteiger partial charge on any atom is -0.346 e. The number of hydrogen-bond donors (Lipinski definition) is 1. The third-order valence-corrected chi connectivity index (χ3v) is 4.19. The number of nitrogens with zero attached hydrogens (tertiary/aromatic N) is 2. The Kier molecular flexibility index (Phi) is 4.09. The molecule has 2 aromatic rings. The molecule has 0 radical (unpaired) electrons. The zero-order chi connectivity index (χ0) is 15.5. The van der Waals surface area contributed by atoms with E-state index in [4.69, 9.17) is 0 Å². The summed E-state index contributed by atoms with van der Waals surface area (Å²) in [4.78, 5) is 12.2. The van der Waals surface area contributed by atoms with Crippen LogP contribution >= 0.6 is 0 Å². The van der Waals surface area contributed by atoms with Crippen LogP contribution in [0.2, 0.25) is 0 Å². The number of aromatic nitrogens is 2. The predicted octanol–water partition coefficient (Wildman–Crippen LogP) is 2.94. The lowest BCUT2D eigenvalue weighted by Gasteiger charge is -2.24. The summed E-state index contributed by atoms with van der Waals surface area (Å²) in [6, 6.07) is 9.92. The average molecular weight is 295 g/mol. The van der Waals surface area contributed by atoms with Gasteiger partial charge >= 0.3 is 0 Å². The maximum Gasteiger partial charge on any atom is 0.244 e. The van der Waals surface area contributed by atoms with Crippen LogP contribution in [0.5, 0.6) is 0 Å². The topological polar surface area (TPSA) is 46.9 Å². The van der Waals surface area contributed by atoms with Gasteiger partial charge in [-0.25, -0.2) is 0 Å². The largest absolute Gasteiger partial charge is 0.346 e. The molecule has 1 unspecified atom stereocenters. The van der Waals surface area contributed by atoms with Gasteiger partial charge in [0.15, 0.2) is 0 Å². The van der Waals surface area contributed by atoms with Crippen molar-refractivity contribution in [2.75, 3.05) is 0 Å². The van der Waals surface area contributed by atoms with Gasteiger partial charge in [-0.3, -0.25) is 9.48 Å². The second-order valence-electron chi connectivity index (χ2n) is 5.77. The summed E-state index contributed by atoms with van der Waals surface area (Å²) in [7, 11) is 1.98. The Labute approximate surface area is 130 Å². The van der Waals surface area contributed by atoms with Gasteiger partial charge < -0.3 is 5.32 Å². The van der Waals surface area contributed by atoms with E-state index in [1.54, 1.807) is 6.08 Å². The molecule has 1 atom stereocenters. The van der Waals surface area contributed by atoms with Gasteiger partial charge in [0.05, 0.1) is 11.7 Å². The van der Waals surface area contributed by atoms with Crippen LogP contribution < -0.4 is 5.32 Å². The SMILES string of the molecule is Cc1nn(C)c2c1C(NC(=O)C=Cc1ccccc1)CCC2. The molecule has 22 heavy (non-hydrogen) atoms. The summed E-state index contributed by atoms with van der Waals surface area (Å²) < 4.78 is 1.95. The molecule has 0 saturated heterocycles. The van der Waals surface area contributed by atoms with Gasteiger partial charge in [0.25, 0.3) is 0 Å². The molecule has 0 saturated carbocycles. The monoisotopic (exact) mass is 295 g/mol. The second-order valence-corrected chi connectivity index (χ2v) is 5.77. The highest BCUT2D eigenvalue weighted by atomic mass is 16.1. The van der Waals surface area contributed by atoms with E-state index in [9.17, 15) is 4.79 Å². The fourth-order valence-electron chi connectivity index (χ4n) is 3.19. The number of aryl methyl sites for hydroxylation is 2. The highest BCUT2D eigenvalue weighted by molar-refractivity contribution is 5.92. The smallest absolute Gasteiger partial charge is 0.244 e. The Bertz CT molecular complexity index is 701. The lowest BCUT2D eigenvalue weighted by molar-refractivity contribution is -0.117. The molecule has 4 nitrogen and oxygen atoms in total. The number of benzene rings is 1. The third-order valence-electron chi connectivity index (χ3n) is 4.19. The first-order valence-corrected chi connectivity index (χ1v) is 7.71. The van der Waals surface area contributed by atoms with E-state index >= 15 is 0 Å². The molecule has 4 heteroatoms. The molecule has 1 N–H and O–H groups in total. The van der Waals surface area contributed by atoms with Crippen LogP contribution in [0.1, 0.15) is 41.4 Å². The number of rotatable bonds is 3. The Morgan fingerprint density at radius 3 is 2.91 bits per heavy atom. The Morgan fingerprint density at radius 2 is 2.14 bits per heavy atom. The van der Waals surface area contributed by atoms with E-state index < -0.39 is 0 Å². The maximum atomic E-state index is 12.2. The van der Waals surface area contributed by atoms with Crippen molar-refractivity contribution >= 4 is 12.0 Å². The van der Waals surface area contributed by atoms with Crippen LogP contribution in [-0.4, -0.2) is 15.7 Å². The van der Waals surface area contributed by atoms with E-state index in [0.29, 0.717) is 0 Å². The molecule has 0 fully saturated rings. The highest BCUT2D eigenvalue weighted by Gasteiger charge is 2.26. The fraction of sp³-hybridized carbons (Fsp3) is 0.333. The van der Waals surface area contributed by atoms with Crippen LogP contribution in [-0.2, 0) is 18.3 Å². The Hall–Kier alpha value is -2.36. The standard InChI is InChI=1S/C18H21N3O/c1-13-18-15(9-6-10-16(18)21(2)20-13)19-17(22)12-11-14-7-4-3-5-8-14/h3-5,7-8,11-12,15H,6,9-10H2,1-2H3,(H,19,22). The Morgan fingerprint density at radius 1 is 1.36 bits per heavy atom. The summed E-state index contributed by atoms with van der Waals surface area (Å²) in [5.74, 6) is -0.0510. The van der Waals surface area contributed by atoms with Crippen molar-refractivity contribution in [2.45, 2.75) is 32.2 Å². The molecular weight excluding hydrogens is 274 g/mol. The molecule has 0 bridgehead atoms. The minimum absolute atomic E-state index is 0.0510. The van der Waals surface area contributed by atoms with Crippen molar-refractivity contribution in [3.63, 3.8) is 0 Å². The van der Waals surface area contributed by atoms with Gasteiger partial charge in [0.1, 0.15) is 0 Å². The van der Waals surface area contributed by atoms with E-state index in [1.165, 1.54) is 11.3 Å². The van der Waals surface area contributed by atoms with E-state index in [-0.39, 0.29) is 11.9 Å². The first-order valence-electron chi connectivity index (χ1n) is 7.71. The van der Waals surface area contributed by atoms with Gasteiger partial charge in [0.2, 0.25) is 5.91 Å². The molecule has 114 valence electrons.